The lowest BCUT2D eigenvalue weighted by atomic mass is 9.99. The monoisotopic (exact) mass is 212 g/mol. The van der Waals surface area contributed by atoms with Crippen molar-refractivity contribution in [3.63, 3.8) is 0 Å². The minimum absolute atomic E-state index is 0.0381. The van der Waals surface area contributed by atoms with Crippen molar-refractivity contribution in [1.29, 1.82) is 0 Å². The van der Waals surface area contributed by atoms with Crippen molar-refractivity contribution >= 4 is 5.91 Å². The molecule has 0 aromatic heterocycles. The van der Waals surface area contributed by atoms with Crippen molar-refractivity contribution in [2.45, 2.75) is 46.2 Å². The van der Waals surface area contributed by atoms with Crippen LogP contribution in [0.15, 0.2) is 0 Å². The van der Waals surface area contributed by atoms with Gasteiger partial charge in [0, 0.05) is 13.1 Å². The molecule has 1 saturated heterocycles. The number of likely N-dealkylation sites (N-methyl/N-ethyl adjacent to an activating group) is 1. The average Bonchev–Trinajstić information content (AvgIpc) is 2.60. The molecule has 1 N–H and O–H groups in total. The molecule has 1 amide bonds. The minimum Gasteiger partial charge on any atom is -0.341 e. The van der Waals surface area contributed by atoms with Crippen molar-refractivity contribution in [3.8, 4) is 0 Å². The molecule has 1 fully saturated rings. The lowest BCUT2D eigenvalue weighted by Crippen LogP contribution is -2.48. The molecule has 3 unspecified atom stereocenters. The maximum absolute atomic E-state index is 12.2. The zero-order valence-corrected chi connectivity index (χ0v) is 10.6. The van der Waals surface area contributed by atoms with Crippen LogP contribution in [0, 0.1) is 11.8 Å². The van der Waals surface area contributed by atoms with E-state index in [0.29, 0.717) is 17.9 Å². The summed E-state index contributed by atoms with van der Waals surface area (Å²) in [6, 6.07) is 0.350. The second-order valence-electron chi connectivity index (χ2n) is 5.13. The summed E-state index contributed by atoms with van der Waals surface area (Å²) in [7, 11) is 1.92. The van der Waals surface area contributed by atoms with Crippen LogP contribution in [-0.4, -0.2) is 36.5 Å². The molecule has 88 valence electrons. The molecule has 0 aromatic rings. The van der Waals surface area contributed by atoms with Gasteiger partial charge in [-0.15, -0.1) is 0 Å². The van der Waals surface area contributed by atoms with Crippen molar-refractivity contribution in [2.24, 2.45) is 11.8 Å². The molecule has 3 nitrogen and oxygen atoms in total. The largest absolute Gasteiger partial charge is 0.341 e. The lowest BCUT2D eigenvalue weighted by molar-refractivity contribution is -0.135. The maximum atomic E-state index is 12.2. The summed E-state index contributed by atoms with van der Waals surface area (Å²) in [4.78, 5) is 14.1. The molecule has 0 saturated carbocycles. The Labute approximate surface area is 93.2 Å². The van der Waals surface area contributed by atoms with Gasteiger partial charge in [0.1, 0.15) is 0 Å². The third-order valence-corrected chi connectivity index (χ3v) is 3.72. The SMILES string of the molecule is CC(C)C(C)N(C)C(=O)C1NCCC1C. The number of nitrogens with one attached hydrogen (secondary N) is 1. The molecule has 0 aliphatic carbocycles. The van der Waals surface area contributed by atoms with Gasteiger partial charge in [-0.1, -0.05) is 20.8 Å². The standard InChI is InChI=1S/C12H24N2O/c1-8(2)10(4)14(5)12(15)11-9(3)6-7-13-11/h8-11,13H,6-7H2,1-5H3. The Balaban J connectivity index is 2.59. The number of hydrogen-bond acceptors (Lipinski definition) is 2. The average molecular weight is 212 g/mol. The molecule has 15 heavy (non-hydrogen) atoms. The highest BCUT2D eigenvalue weighted by Gasteiger charge is 2.33. The van der Waals surface area contributed by atoms with Gasteiger partial charge in [0.15, 0.2) is 0 Å². The molecule has 1 aliphatic rings. The van der Waals surface area contributed by atoms with Gasteiger partial charge in [0.2, 0.25) is 5.91 Å². The zero-order valence-electron chi connectivity index (χ0n) is 10.6. The smallest absolute Gasteiger partial charge is 0.239 e. The number of rotatable bonds is 3. The Kier molecular flexibility index (Phi) is 4.14. The lowest BCUT2D eigenvalue weighted by Gasteiger charge is -2.31. The van der Waals surface area contributed by atoms with Gasteiger partial charge >= 0.3 is 0 Å². The number of nitrogens with zero attached hydrogens (tertiary/aromatic N) is 1. The van der Waals surface area contributed by atoms with E-state index >= 15 is 0 Å². The quantitative estimate of drug-likeness (QED) is 0.768. The van der Waals surface area contributed by atoms with E-state index in [1.165, 1.54) is 0 Å². The summed E-state index contributed by atoms with van der Waals surface area (Å²) in [5, 5.41) is 3.29. The van der Waals surface area contributed by atoms with E-state index in [0.717, 1.165) is 13.0 Å². The summed E-state index contributed by atoms with van der Waals surface area (Å²) in [5.41, 5.74) is 0. The molecule has 1 rings (SSSR count). The van der Waals surface area contributed by atoms with E-state index in [9.17, 15) is 4.79 Å². The van der Waals surface area contributed by atoms with Crippen LogP contribution in [0.3, 0.4) is 0 Å². The Morgan fingerprint density at radius 1 is 1.40 bits per heavy atom. The first-order valence-electron chi connectivity index (χ1n) is 5.95. The highest BCUT2D eigenvalue weighted by molar-refractivity contribution is 5.82. The molecular weight excluding hydrogens is 188 g/mol. The first kappa shape index (κ1) is 12.5. The number of hydrogen-bond donors (Lipinski definition) is 1. The van der Waals surface area contributed by atoms with Crippen LogP contribution < -0.4 is 5.32 Å². The van der Waals surface area contributed by atoms with Crippen LogP contribution in [-0.2, 0) is 4.79 Å². The molecule has 0 radical (unpaired) electrons. The number of carbonyl (C=O) groups excluding carboxylic acids is 1. The Hall–Kier alpha value is -0.570. The second kappa shape index (κ2) is 4.97. The predicted octanol–water partition coefficient (Wildman–Crippen LogP) is 1.49. The van der Waals surface area contributed by atoms with E-state index in [1.54, 1.807) is 0 Å². The fourth-order valence-corrected chi connectivity index (χ4v) is 2.03. The number of amides is 1. The molecular formula is C12H24N2O. The van der Waals surface area contributed by atoms with Gasteiger partial charge in [0.05, 0.1) is 6.04 Å². The predicted molar refractivity (Wildman–Crippen MR) is 62.6 cm³/mol. The van der Waals surface area contributed by atoms with E-state index in [-0.39, 0.29) is 11.9 Å². The van der Waals surface area contributed by atoms with Gasteiger partial charge in [0.25, 0.3) is 0 Å². The zero-order chi connectivity index (χ0) is 11.6. The normalized spacial score (nSPS) is 28.1. The molecule has 0 spiro atoms. The highest BCUT2D eigenvalue weighted by Crippen LogP contribution is 2.18. The third kappa shape index (κ3) is 2.71. The number of carbonyl (C=O) groups is 1. The molecule has 3 heteroatoms. The second-order valence-corrected chi connectivity index (χ2v) is 5.13. The van der Waals surface area contributed by atoms with E-state index in [2.05, 4.69) is 33.0 Å². The van der Waals surface area contributed by atoms with Gasteiger partial charge in [-0.3, -0.25) is 4.79 Å². The van der Waals surface area contributed by atoms with Crippen LogP contribution in [0.4, 0.5) is 0 Å². The Bertz CT molecular complexity index is 228. The Morgan fingerprint density at radius 3 is 2.40 bits per heavy atom. The fourth-order valence-electron chi connectivity index (χ4n) is 2.03. The van der Waals surface area contributed by atoms with Gasteiger partial charge in [-0.05, 0) is 31.7 Å². The van der Waals surface area contributed by atoms with E-state index < -0.39 is 0 Å². The minimum atomic E-state index is 0.0381. The summed E-state index contributed by atoms with van der Waals surface area (Å²) >= 11 is 0. The van der Waals surface area contributed by atoms with Crippen LogP contribution in [0.5, 0.6) is 0 Å². The first-order valence-corrected chi connectivity index (χ1v) is 5.95. The Morgan fingerprint density at radius 2 is 2.00 bits per heavy atom. The van der Waals surface area contributed by atoms with Crippen LogP contribution >= 0.6 is 0 Å². The van der Waals surface area contributed by atoms with Gasteiger partial charge < -0.3 is 10.2 Å². The van der Waals surface area contributed by atoms with E-state index in [4.69, 9.17) is 0 Å². The van der Waals surface area contributed by atoms with Crippen LogP contribution in [0.25, 0.3) is 0 Å². The van der Waals surface area contributed by atoms with Gasteiger partial charge in [-0.25, -0.2) is 0 Å². The maximum Gasteiger partial charge on any atom is 0.239 e. The summed E-state index contributed by atoms with van der Waals surface area (Å²) < 4.78 is 0. The highest BCUT2D eigenvalue weighted by atomic mass is 16.2. The van der Waals surface area contributed by atoms with Crippen molar-refractivity contribution in [3.05, 3.63) is 0 Å². The first-order chi connectivity index (χ1) is 6.95. The fraction of sp³-hybridized carbons (Fsp3) is 0.917. The molecule has 1 aliphatic heterocycles. The van der Waals surface area contributed by atoms with E-state index in [1.807, 2.05) is 11.9 Å². The summed E-state index contributed by atoms with van der Waals surface area (Å²) in [6.07, 6.45) is 1.11. The molecule has 3 atom stereocenters. The van der Waals surface area contributed by atoms with Gasteiger partial charge in [-0.2, -0.15) is 0 Å². The van der Waals surface area contributed by atoms with Crippen molar-refractivity contribution in [2.75, 3.05) is 13.6 Å². The van der Waals surface area contributed by atoms with Crippen LogP contribution in [0.1, 0.15) is 34.1 Å². The summed E-state index contributed by atoms with van der Waals surface area (Å²) in [6.45, 7) is 9.54. The van der Waals surface area contributed by atoms with Crippen LogP contribution in [0.2, 0.25) is 0 Å². The topological polar surface area (TPSA) is 32.3 Å². The summed E-state index contributed by atoms with van der Waals surface area (Å²) in [5.74, 6) is 1.23. The molecule has 1 heterocycles. The van der Waals surface area contributed by atoms with Crippen molar-refractivity contribution < 1.29 is 4.79 Å². The van der Waals surface area contributed by atoms with Crippen molar-refractivity contribution in [1.82, 2.24) is 10.2 Å². The third-order valence-electron chi connectivity index (χ3n) is 3.72. The molecule has 0 aromatic carbocycles. The molecule has 0 bridgehead atoms.